The van der Waals surface area contributed by atoms with Gasteiger partial charge in [-0.3, -0.25) is 0 Å². The van der Waals surface area contributed by atoms with Gasteiger partial charge >= 0.3 is 0 Å². The zero-order valence-corrected chi connectivity index (χ0v) is 5.33. The summed E-state index contributed by atoms with van der Waals surface area (Å²) in [6.07, 6.45) is 3.54. The van der Waals surface area contributed by atoms with Crippen molar-refractivity contribution in [3.63, 3.8) is 0 Å². The van der Waals surface area contributed by atoms with Crippen molar-refractivity contribution in [2.75, 3.05) is 7.05 Å². The molecule has 0 atom stereocenters. The monoisotopic (exact) mass is 123 g/mol. The van der Waals surface area contributed by atoms with Gasteiger partial charge in [-0.15, -0.1) is 0 Å². The van der Waals surface area contributed by atoms with Crippen molar-refractivity contribution in [3.05, 3.63) is 25.0 Å². The van der Waals surface area contributed by atoms with Crippen LogP contribution in [0.5, 0.6) is 0 Å². The summed E-state index contributed by atoms with van der Waals surface area (Å²) in [6.45, 7) is 3.70. The van der Waals surface area contributed by atoms with Gasteiger partial charge in [0, 0.05) is 19.4 Å². The minimum atomic E-state index is 0.778. The number of rotatable bonds is 2. The van der Waals surface area contributed by atoms with Crippen LogP contribution in [-0.2, 0) is 0 Å². The summed E-state index contributed by atoms with van der Waals surface area (Å²) in [5, 5.41) is 6.81. The van der Waals surface area contributed by atoms with E-state index in [1.54, 1.807) is 10.9 Å². The maximum atomic E-state index is 3.94. The van der Waals surface area contributed by atoms with E-state index in [1.807, 2.05) is 19.3 Å². The zero-order valence-electron chi connectivity index (χ0n) is 5.33. The van der Waals surface area contributed by atoms with Crippen LogP contribution in [0.1, 0.15) is 0 Å². The number of hydrogen-bond donors (Lipinski definition) is 1. The molecule has 0 saturated carbocycles. The summed E-state index contributed by atoms with van der Waals surface area (Å²) in [4.78, 5) is 0. The third kappa shape index (κ3) is 1.10. The average molecular weight is 123 g/mol. The fourth-order valence-corrected chi connectivity index (χ4v) is 0.543. The number of hydrogen-bond acceptors (Lipinski definition) is 2. The molecule has 3 nitrogen and oxygen atoms in total. The Bertz CT molecular complexity index is 188. The van der Waals surface area contributed by atoms with Gasteiger partial charge in [-0.25, -0.2) is 4.68 Å². The second-order valence-electron chi connectivity index (χ2n) is 1.65. The Kier molecular flexibility index (Phi) is 1.53. The zero-order chi connectivity index (χ0) is 6.69. The van der Waals surface area contributed by atoms with Gasteiger partial charge in [0.2, 0.25) is 0 Å². The highest BCUT2D eigenvalue weighted by molar-refractivity contribution is 5.35. The summed E-state index contributed by atoms with van der Waals surface area (Å²) in [6, 6.07) is 1.85. The second kappa shape index (κ2) is 2.35. The second-order valence-corrected chi connectivity index (χ2v) is 1.65. The maximum Gasteiger partial charge on any atom is 0.119 e. The summed E-state index contributed by atoms with van der Waals surface area (Å²) < 4.78 is 1.67. The molecule has 0 fully saturated rings. The first kappa shape index (κ1) is 5.88. The first-order valence-corrected chi connectivity index (χ1v) is 2.71. The molecule has 1 aromatic rings. The van der Waals surface area contributed by atoms with Crippen LogP contribution in [0, 0.1) is 0 Å². The summed E-state index contributed by atoms with van der Waals surface area (Å²) in [5.74, 6) is 0.778. The van der Waals surface area contributed by atoms with Crippen LogP contribution in [0.25, 0.3) is 5.82 Å². The molecule has 0 unspecified atom stereocenters. The minimum Gasteiger partial charge on any atom is -0.374 e. The van der Waals surface area contributed by atoms with Crippen molar-refractivity contribution < 1.29 is 0 Å². The van der Waals surface area contributed by atoms with Crippen LogP contribution in [0.2, 0.25) is 0 Å². The Morgan fingerprint density at radius 1 is 1.78 bits per heavy atom. The molecule has 3 heteroatoms. The fraction of sp³-hybridized carbons (Fsp3) is 0.167. The normalized spacial score (nSPS) is 9.00. The minimum absolute atomic E-state index is 0.778. The number of aromatic nitrogens is 2. The highest BCUT2D eigenvalue weighted by Crippen LogP contribution is 1.90. The van der Waals surface area contributed by atoms with Gasteiger partial charge in [0.15, 0.2) is 0 Å². The highest BCUT2D eigenvalue weighted by Gasteiger charge is 1.88. The van der Waals surface area contributed by atoms with E-state index in [0.717, 1.165) is 5.82 Å². The lowest BCUT2D eigenvalue weighted by Crippen LogP contribution is -2.10. The SMILES string of the molecule is C=C(NC)n1cccn1. The van der Waals surface area contributed by atoms with E-state index in [1.165, 1.54) is 0 Å². The summed E-state index contributed by atoms with van der Waals surface area (Å²) in [5.41, 5.74) is 0. The molecule has 1 rings (SSSR count). The van der Waals surface area contributed by atoms with Gasteiger partial charge in [0.05, 0.1) is 0 Å². The van der Waals surface area contributed by atoms with Gasteiger partial charge < -0.3 is 5.32 Å². The first-order chi connectivity index (χ1) is 4.34. The Hall–Kier alpha value is -1.25. The topological polar surface area (TPSA) is 29.9 Å². The Morgan fingerprint density at radius 3 is 3.00 bits per heavy atom. The van der Waals surface area contributed by atoms with E-state index in [9.17, 15) is 0 Å². The molecule has 0 aliphatic heterocycles. The van der Waals surface area contributed by atoms with Crippen LogP contribution in [0.3, 0.4) is 0 Å². The molecule has 0 saturated heterocycles. The van der Waals surface area contributed by atoms with E-state index >= 15 is 0 Å². The van der Waals surface area contributed by atoms with Crippen LogP contribution in [-0.4, -0.2) is 16.8 Å². The first-order valence-electron chi connectivity index (χ1n) is 2.71. The van der Waals surface area contributed by atoms with E-state index in [0.29, 0.717) is 0 Å². The molecule has 0 bridgehead atoms. The molecule has 0 radical (unpaired) electrons. The van der Waals surface area contributed by atoms with E-state index in [-0.39, 0.29) is 0 Å². The molecular formula is C6H9N3. The Balaban J connectivity index is 2.77. The van der Waals surface area contributed by atoms with E-state index in [4.69, 9.17) is 0 Å². The third-order valence-electron chi connectivity index (χ3n) is 1.07. The number of nitrogens with one attached hydrogen (secondary N) is 1. The molecule has 9 heavy (non-hydrogen) atoms. The van der Waals surface area contributed by atoms with Gasteiger partial charge in [0.1, 0.15) is 5.82 Å². The molecular weight excluding hydrogens is 114 g/mol. The number of nitrogens with zero attached hydrogens (tertiary/aromatic N) is 2. The molecule has 48 valence electrons. The molecule has 0 aliphatic rings. The molecule has 1 aromatic heterocycles. The van der Waals surface area contributed by atoms with Gasteiger partial charge in [-0.2, -0.15) is 5.10 Å². The predicted octanol–water partition coefficient (Wildman–Crippen LogP) is 0.531. The summed E-state index contributed by atoms with van der Waals surface area (Å²) in [7, 11) is 1.81. The molecule has 1 heterocycles. The van der Waals surface area contributed by atoms with Gasteiger partial charge in [0.25, 0.3) is 0 Å². The molecule has 0 amide bonds. The van der Waals surface area contributed by atoms with Gasteiger partial charge in [-0.05, 0) is 6.07 Å². The third-order valence-corrected chi connectivity index (χ3v) is 1.07. The van der Waals surface area contributed by atoms with E-state index < -0.39 is 0 Å². The van der Waals surface area contributed by atoms with Crippen LogP contribution >= 0.6 is 0 Å². The van der Waals surface area contributed by atoms with E-state index in [2.05, 4.69) is 17.0 Å². The van der Waals surface area contributed by atoms with Crippen molar-refractivity contribution >= 4 is 5.82 Å². The van der Waals surface area contributed by atoms with Crippen molar-refractivity contribution in [2.24, 2.45) is 0 Å². The largest absolute Gasteiger partial charge is 0.374 e. The molecule has 0 aromatic carbocycles. The van der Waals surface area contributed by atoms with Gasteiger partial charge in [-0.1, -0.05) is 6.58 Å². The van der Waals surface area contributed by atoms with Crippen molar-refractivity contribution in [1.29, 1.82) is 0 Å². The molecule has 1 N–H and O–H groups in total. The smallest absolute Gasteiger partial charge is 0.119 e. The van der Waals surface area contributed by atoms with Crippen molar-refractivity contribution in [3.8, 4) is 0 Å². The fourth-order valence-electron chi connectivity index (χ4n) is 0.543. The lowest BCUT2D eigenvalue weighted by Gasteiger charge is -2.01. The Labute approximate surface area is 54.0 Å². The average Bonchev–Trinajstić information content (AvgIpc) is 2.37. The Morgan fingerprint density at radius 2 is 2.56 bits per heavy atom. The quantitative estimate of drug-likeness (QED) is 0.621. The van der Waals surface area contributed by atoms with Crippen LogP contribution in [0.15, 0.2) is 25.0 Å². The van der Waals surface area contributed by atoms with Crippen LogP contribution in [0.4, 0.5) is 0 Å². The van der Waals surface area contributed by atoms with Crippen LogP contribution < -0.4 is 5.32 Å². The van der Waals surface area contributed by atoms with Crippen molar-refractivity contribution in [2.45, 2.75) is 0 Å². The molecule has 0 spiro atoms. The highest BCUT2D eigenvalue weighted by atomic mass is 15.3. The predicted molar refractivity (Wildman–Crippen MR) is 36.6 cm³/mol. The van der Waals surface area contributed by atoms with Crippen molar-refractivity contribution in [1.82, 2.24) is 15.1 Å². The molecule has 0 aliphatic carbocycles. The lowest BCUT2D eigenvalue weighted by molar-refractivity contribution is 0.840. The standard InChI is InChI=1S/C6H9N3/c1-6(7-2)9-5-3-4-8-9/h3-5,7H,1H2,2H3. The summed E-state index contributed by atoms with van der Waals surface area (Å²) >= 11 is 0. The lowest BCUT2D eigenvalue weighted by atomic mass is 10.7. The maximum absolute atomic E-state index is 3.94.